The maximum absolute atomic E-state index is 13.4. The molecular weight excluding hydrogens is 578 g/mol. The van der Waals surface area contributed by atoms with Crippen molar-refractivity contribution in [3.63, 3.8) is 0 Å². The van der Waals surface area contributed by atoms with Gasteiger partial charge in [0.2, 0.25) is 23.6 Å². The third kappa shape index (κ3) is 9.78. The summed E-state index contributed by atoms with van der Waals surface area (Å²) in [4.78, 5) is 95.3. The van der Waals surface area contributed by atoms with Crippen LogP contribution < -0.4 is 21.3 Å². The van der Waals surface area contributed by atoms with Gasteiger partial charge in [-0.3, -0.25) is 28.8 Å². The Morgan fingerprint density at radius 2 is 1.52 bits per heavy atom. The monoisotopic (exact) mass is 611 g/mol. The lowest BCUT2D eigenvalue weighted by Crippen LogP contribution is -2.58. The summed E-state index contributed by atoms with van der Waals surface area (Å²) in [5, 5.41) is 28.8. The maximum atomic E-state index is 13.4. The van der Waals surface area contributed by atoms with Crippen LogP contribution in [-0.2, 0) is 46.4 Å². The van der Waals surface area contributed by atoms with Crippen molar-refractivity contribution in [2.45, 2.75) is 63.2 Å². The number of nitrogens with zero attached hydrogens (tertiary/aromatic N) is 1. The van der Waals surface area contributed by atoms with Crippen molar-refractivity contribution in [1.82, 2.24) is 36.2 Å². The molecule has 4 atom stereocenters. The van der Waals surface area contributed by atoms with Gasteiger partial charge in [0.25, 0.3) is 0 Å². The first kappa shape index (κ1) is 33.0. The molecule has 0 saturated carbocycles. The Morgan fingerprint density at radius 3 is 2.16 bits per heavy atom. The molecule has 0 fully saturated rings. The fourth-order valence-corrected chi connectivity index (χ4v) is 4.49. The summed E-state index contributed by atoms with van der Waals surface area (Å²) in [6, 6.07) is 1.98. The molecule has 1 aromatic carbocycles. The first-order valence-corrected chi connectivity index (χ1v) is 13.6. The van der Waals surface area contributed by atoms with Crippen LogP contribution in [-0.4, -0.2) is 91.2 Å². The van der Waals surface area contributed by atoms with E-state index in [0.717, 1.165) is 10.9 Å². The minimum Gasteiger partial charge on any atom is -0.481 e. The number of imidazole rings is 1. The zero-order chi connectivity index (χ0) is 32.2. The van der Waals surface area contributed by atoms with Crippen molar-refractivity contribution in [2.24, 2.45) is 0 Å². The number of carboxylic acid groups (broad SMARTS) is 2. The fraction of sp³-hybridized carbons (Fsp3) is 0.357. The van der Waals surface area contributed by atoms with Gasteiger partial charge in [0.15, 0.2) is 0 Å². The molecule has 0 spiro atoms. The molecule has 2 aromatic heterocycles. The molecule has 44 heavy (non-hydrogen) atoms. The number of aldehydes is 1. The number of hydrogen-bond acceptors (Lipinski definition) is 8. The normalized spacial score (nSPS) is 13.6. The Balaban J connectivity index is 1.82. The number of benzene rings is 1. The predicted molar refractivity (Wildman–Crippen MR) is 153 cm³/mol. The quantitative estimate of drug-likeness (QED) is 0.0880. The SMILES string of the molecule is CC(=O)NC(Cc1c[nH]c2ccccc12)C(=O)NC(CCC(=O)O)C(=O)NC(Cc1cnc[nH]1)C(=O)NC(C=O)CC(=O)O. The lowest BCUT2D eigenvalue weighted by Gasteiger charge is -2.25. The molecule has 0 saturated heterocycles. The lowest BCUT2D eigenvalue weighted by atomic mass is 10.0. The van der Waals surface area contributed by atoms with Crippen molar-refractivity contribution < 1.29 is 43.8 Å². The van der Waals surface area contributed by atoms with Crippen LogP contribution in [0.1, 0.15) is 37.4 Å². The maximum Gasteiger partial charge on any atom is 0.305 e. The highest BCUT2D eigenvalue weighted by Gasteiger charge is 2.31. The number of hydrogen-bond donors (Lipinski definition) is 8. The summed E-state index contributed by atoms with van der Waals surface area (Å²) in [6.45, 7) is 1.22. The number of fused-ring (bicyclic) bond motifs is 1. The number of carbonyl (C=O) groups is 7. The van der Waals surface area contributed by atoms with Gasteiger partial charge in [-0.25, -0.2) is 4.98 Å². The van der Waals surface area contributed by atoms with E-state index in [1.807, 2.05) is 24.3 Å². The van der Waals surface area contributed by atoms with Crippen LogP contribution in [0.15, 0.2) is 43.0 Å². The summed E-state index contributed by atoms with van der Waals surface area (Å²) in [6.07, 6.45) is 2.96. The van der Waals surface area contributed by atoms with Gasteiger partial charge in [-0.15, -0.1) is 0 Å². The van der Waals surface area contributed by atoms with E-state index in [1.54, 1.807) is 6.20 Å². The zero-order valence-electron chi connectivity index (χ0n) is 23.7. The summed E-state index contributed by atoms with van der Waals surface area (Å²) in [7, 11) is 0. The molecule has 3 aromatic rings. The predicted octanol–water partition coefficient (Wildman–Crippen LogP) is -0.826. The number of amides is 4. The van der Waals surface area contributed by atoms with Gasteiger partial charge in [0, 0.05) is 55.2 Å². The second-order valence-corrected chi connectivity index (χ2v) is 10.0. The highest BCUT2D eigenvalue weighted by atomic mass is 16.4. The zero-order valence-corrected chi connectivity index (χ0v) is 23.7. The van der Waals surface area contributed by atoms with E-state index in [-0.39, 0.29) is 25.5 Å². The smallest absolute Gasteiger partial charge is 0.305 e. The van der Waals surface area contributed by atoms with Crippen LogP contribution in [0.2, 0.25) is 0 Å². The van der Waals surface area contributed by atoms with E-state index >= 15 is 0 Å². The topological polar surface area (TPSA) is 253 Å². The highest BCUT2D eigenvalue weighted by Crippen LogP contribution is 2.19. The number of aliphatic carboxylic acids is 2. The highest BCUT2D eigenvalue weighted by molar-refractivity contribution is 5.95. The molecule has 3 rings (SSSR count). The Kier molecular flexibility index (Phi) is 11.7. The van der Waals surface area contributed by atoms with Gasteiger partial charge in [-0.1, -0.05) is 18.2 Å². The Bertz CT molecular complexity index is 1500. The van der Waals surface area contributed by atoms with Gasteiger partial charge in [0.1, 0.15) is 24.4 Å². The number of nitrogens with one attached hydrogen (secondary N) is 6. The average molecular weight is 612 g/mol. The van der Waals surface area contributed by atoms with Crippen molar-refractivity contribution in [2.75, 3.05) is 0 Å². The van der Waals surface area contributed by atoms with Crippen LogP contribution in [0.4, 0.5) is 0 Å². The number of para-hydroxylation sites is 1. The van der Waals surface area contributed by atoms with E-state index in [4.69, 9.17) is 5.11 Å². The molecule has 4 amide bonds. The first-order valence-electron chi connectivity index (χ1n) is 13.6. The van der Waals surface area contributed by atoms with Gasteiger partial charge < -0.3 is 46.2 Å². The second kappa shape index (κ2) is 15.6. The molecule has 0 aliphatic rings. The number of aromatic nitrogens is 3. The molecule has 4 unspecified atom stereocenters. The third-order valence-corrected chi connectivity index (χ3v) is 6.57. The van der Waals surface area contributed by atoms with E-state index in [2.05, 4.69) is 36.2 Å². The first-order chi connectivity index (χ1) is 21.0. The lowest BCUT2D eigenvalue weighted by molar-refractivity contribution is -0.140. The molecule has 0 bridgehead atoms. The Hall–Kier alpha value is -5.54. The van der Waals surface area contributed by atoms with Crippen LogP contribution in [0.3, 0.4) is 0 Å². The third-order valence-electron chi connectivity index (χ3n) is 6.57. The van der Waals surface area contributed by atoms with Crippen molar-refractivity contribution in [1.29, 1.82) is 0 Å². The summed E-state index contributed by atoms with van der Waals surface area (Å²) >= 11 is 0. The molecule has 0 aliphatic carbocycles. The van der Waals surface area contributed by atoms with Gasteiger partial charge in [-0.05, 0) is 18.1 Å². The molecule has 2 heterocycles. The average Bonchev–Trinajstić information content (AvgIpc) is 3.63. The summed E-state index contributed by atoms with van der Waals surface area (Å²) < 4.78 is 0. The van der Waals surface area contributed by atoms with Gasteiger partial charge in [0.05, 0.1) is 18.8 Å². The molecule has 234 valence electrons. The number of H-pyrrole nitrogens is 2. The van der Waals surface area contributed by atoms with Crippen LogP contribution >= 0.6 is 0 Å². The number of rotatable bonds is 17. The molecule has 16 nitrogen and oxygen atoms in total. The van der Waals surface area contributed by atoms with Crippen LogP contribution in [0, 0.1) is 0 Å². The van der Waals surface area contributed by atoms with E-state index in [9.17, 15) is 38.7 Å². The Labute approximate surface area is 250 Å². The van der Waals surface area contributed by atoms with Crippen LogP contribution in [0.5, 0.6) is 0 Å². The number of aromatic amines is 2. The van der Waals surface area contributed by atoms with Gasteiger partial charge >= 0.3 is 11.9 Å². The van der Waals surface area contributed by atoms with Crippen LogP contribution in [0.25, 0.3) is 10.9 Å². The van der Waals surface area contributed by atoms with Crippen molar-refractivity contribution in [3.8, 4) is 0 Å². The number of carboxylic acids is 2. The molecule has 8 N–H and O–H groups in total. The number of carbonyl (C=O) groups excluding carboxylic acids is 5. The van der Waals surface area contributed by atoms with E-state index < -0.39 is 72.6 Å². The standard InChI is InChI=1S/C28H33N7O9/c1-15(37)32-22(8-16-11-30-20-5-3-2-4-19(16)20)28(44)34-21(6-7-24(38)39)26(42)35-23(9-17-12-29-14-31-17)27(43)33-18(13-36)10-25(40)41/h2-5,11-14,18,21-23,30H,6-10H2,1H3,(H,29,31)(H,32,37)(H,33,43)(H,34,44)(H,35,42)(H,38,39)(H,40,41). The van der Waals surface area contributed by atoms with E-state index in [0.29, 0.717) is 11.3 Å². The fourth-order valence-electron chi connectivity index (χ4n) is 4.49. The largest absolute Gasteiger partial charge is 0.481 e. The van der Waals surface area contributed by atoms with Crippen molar-refractivity contribution >= 4 is 52.8 Å². The summed E-state index contributed by atoms with van der Waals surface area (Å²) in [5.41, 5.74) is 1.93. The molecular formula is C28H33N7O9. The molecule has 16 heteroatoms. The summed E-state index contributed by atoms with van der Waals surface area (Å²) in [5.74, 6) is -5.69. The van der Waals surface area contributed by atoms with Gasteiger partial charge in [-0.2, -0.15) is 0 Å². The molecule has 0 aliphatic heterocycles. The Morgan fingerprint density at radius 1 is 0.864 bits per heavy atom. The minimum absolute atomic E-state index is 0.0458. The molecule has 0 radical (unpaired) electrons. The minimum atomic E-state index is -1.45. The van der Waals surface area contributed by atoms with E-state index in [1.165, 1.54) is 19.4 Å². The second-order valence-electron chi connectivity index (χ2n) is 10.0. The van der Waals surface area contributed by atoms with Crippen molar-refractivity contribution in [3.05, 3.63) is 54.2 Å².